The summed E-state index contributed by atoms with van der Waals surface area (Å²) in [6.45, 7) is 4.61. The van der Waals surface area contributed by atoms with Crippen LogP contribution >= 0.6 is 11.6 Å². The zero-order chi connectivity index (χ0) is 20.9. The van der Waals surface area contributed by atoms with Crippen molar-refractivity contribution < 1.29 is 14.5 Å². The van der Waals surface area contributed by atoms with E-state index < -0.39 is 10.5 Å². The van der Waals surface area contributed by atoms with Crippen molar-refractivity contribution in [2.75, 3.05) is 23.7 Å². The van der Waals surface area contributed by atoms with Crippen molar-refractivity contribution >= 4 is 34.7 Å². The number of nitrogens with two attached hydrogens (primary N) is 1. The molecule has 3 heterocycles. The molecule has 152 valence electrons. The molecular formula is C19H20ClN5O4. The molecule has 1 spiro atoms. The Hall–Kier alpha value is -2.94. The average molecular weight is 418 g/mol. The SMILES string of the molecule is Cc1cc2c(c(C)c1Cl)C(=O)CC1(CCN(c3ncnc(N)c3[N+](=O)[O-])CC1)O2. The predicted octanol–water partition coefficient (Wildman–Crippen LogP) is 3.24. The van der Waals surface area contributed by atoms with Crippen LogP contribution in [0.25, 0.3) is 0 Å². The van der Waals surface area contributed by atoms with Crippen LogP contribution < -0.4 is 15.4 Å². The maximum atomic E-state index is 12.9. The van der Waals surface area contributed by atoms with Gasteiger partial charge in [-0.25, -0.2) is 9.97 Å². The van der Waals surface area contributed by atoms with Crippen molar-refractivity contribution in [2.24, 2.45) is 0 Å². The molecule has 29 heavy (non-hydrogen) atoms. The molecule has 10 heteroatoms. The fraction of sp³-hybridized carbons (Fsp3) is 0.421. The lowest BCUT2D eigenvalue weighted by atomic mass is 9.81. The second-order valence-corrected chi connectivity index (χ2v) is 7.94. The minimum Gasteiger partial charge on any atom is -0.486 e. The van der Waals surface area contributed by atoms with Crippen molar-refractivity contribution in [3.8, 4) is 5.75 Å². The third-order valence-corrected chi connectivity index (χ3v) is 6.30. The lowest BCUT2D eigenvalue weighted by Gasteiger charge is -2.44. The van der Waals surface area contributed by atoms with Gasteiger partial charge < -0.3 is 15.4 Å². The van der Waals surface area contributed by atoms with Crippen LogP contribution in [0.5, 0.6) is 5.75 Å². The van der Waals surface area contributed by atoms with Crippen molar-refractivity contribution in [2.45, 2.75) is 38.7 Å². The fourth-order valence-electron chi connectivity index (χ4n) is 4.19. The van der Waals surface area contributed by atoms with Gasteiger partial charge in [-0.2, -0.15) is 0 Å². The molecule has 0 bridgehead atoms. The monoisotopic (exact) mass is 417 g/mol. The number of Topliss-reactive ketones (excluding diaryl/α,β-unsaturated/α-hetero) is 1. The Morgan fingerprint density at radius 3 is 2.66 bits per heavy atom. The van der Waals surface area contributed by atoms with Crippen LogP contribution in [-0.2, 0) is 0 Å². The molecule has 1 aromatic carbocycles. The van der Waals surface area contributed by atoms with E-state index in [0.717, 1.165) is 11.1 Å². The van der Waals surface area contributed by atoms with Crippen LogP contribution in [-0.4, -0.2) is 39.4 Å². The van der Waals surface area contributed by atoms with Gasteiger partial charge in [0.25, 0.3) is 0 Å². The fourth-order valence-corrected chi connectivity index (χ4v) is 4.34. The van der Waals surface area contributed by atoms with Gasteiger partial charge in [0.1, 0.15) is 17.7 Å². The molecule has 1 aromatic heterocycles. The smallest absolute Gasteiger partial charge is 0.353 e. The molecule has 2 aromatic rings. The van der Waals surface area contributed by atoms with Gasteiger partial charge in [0.2, 0.25) is 11.6 Å². The van der Waals surface area contributed by atoms with Crippen LogP contribution in [0.15, 0.2) is 12.4 Å². The maximum absolute atomic E-state index is 12.9. The number of halogens is 1. The molecule has 2 aliphatic heterocycles. The summed E-state index contributed by atoms with van der Waals surface area (Å²) >= 11 is 6.31. The average Bonchev–Trinajstić information content (AvgIpc) is 2.66. The number of ether oxygens (including phenoxy) is 1. The Morgan fingerprint density at radius 1 is 1.31 bits per heavy atom. The zero-order valence-corrected chi connectivity index (χ0v) is 16.8. The van der Waals surface area contributed by atoms with E-state index >= 15 is 0 Å². The number of fused-ring (bicyclic) bond motifs is 1. The van der Waals surface area contributed by atoms with Crippen LogP contribution in [0.4, 0.5) is 17.3 Å². The first-order chi connectivity index (χ1) is 13.7. The Balaban J connectivity index is 1.60. The van der Waals surface area contributed by atoms with E-state index in [-0.39, 0.29) is 29.5 Å². The number of aryl methyl sites for hydroxylation is 1. The number of carbonyl (C=O) groups is 1. The number of hydrogen-bond acceptors (Lipinski definition) is 8. The van der Waals surface area contributed by atoms with E-state index in [0.29, 0.717) is 42.3 Å². The summed E-state index contributed by atoms with van der Waals surface area (Å²) < 4.78 is 6.34. The third-order valence-electron chi connectivity index (χ3n) is 5.72. The molecular weight excluding hydrogens is 398 g/mol. The number of rotatable bonds is 2. The zero-order valence-electron chi connectivity index (χ0n) is 16.1. The highest BCUT2D eigenvalue weighted by molar-refractivity contribution is 6.32. The van der Waals surface area contributed by atoms with E-state index in [4.69, 9.17) is 22.1 Å². The van der Waals surface area contributed by atoms with Crippen LogP contribution in [0, 0.1) is 24.0 Å². The minimum atomic E-state index is -0.638. The minimum absolute atomic E-state index is 0.0105. The lowest BCUT2D eigenvalue weighted by Crippen LogP contribution is -2.51. The Bertz CT molecular complexity index is 1030. The van der Waals surface area contributed by atoms with Gasteiger partial charge in [0.05, 0.1) is 16.9 Å². The molecule has 2 aliphatic rings. The summed E-state index contributed by atoms with van der Waals surface area (Å²) in [5.41, 5.74) is 6.89. The van der Waals surface area contributed by atoms with E-state index in [9.17, 15) is 14.9 Å². The second kappa shape index (κ2) is 6.84. The van der Waals surface area contributed by atoms with E-state index in [1.165, 1.54) is 6.33 Å². The first-order valence-electron chi connectivity index (χ1n) is 9.24. The molecule has 9 nitrogen and oxygen atoms in total. The van der Waals surface area contributed by atoms with Crippen molar-refractivity contribution in [1.29, 1.82) is 0 Å². The topological polar surface area (TPSA) is 124 Å². The van der Waals surface area contributed by atoms with Crippen LogP contribution in [0.1, 0.15) is 40.7 Å². The molecule has 4 rings (SSSR count). The quantitative estimate of drug-likeness (QED) is 0.583. The number of aromatic nitrogens is 2. The van der Waals surface area contributed by atoms with Crippen molar-refractivity contribution in [1.82, 2.24) is 9.97 Å². The molecule has 2 N–H and O–H groups in total. The first-order valence-corrected chi connectivity index (χ1v) is 9.62. The molecule has 0 radical (unpaired) electrons. The summed E-state index contributed by atoms with van der Waals surface area (Å²) in [4.78, 5) is 33.3. The molecule has 1 fully saturated rings. The molecule has 0 aliphatic carbocycles. The Morgan fingerprint density at radius 2 is 2.00 bits per heavy atom. The molecule has 0 saturated carbocycles. The van der Waals surface area contributed by atoms with E-state index in [1.54, 1.807) is 4.90 Å². The molecule has 0 unspecified atom stereocenters. The second-order valence-electron chi connectivity index (χ2n) is 7.57. The van der Waals surface area contributed by atoms with Gasteiger partial charge in [-0.15, -0.1) is 0 Å². The summed E-state index contributed by atoms with van der Waals surface area (Å²) in [5.74, 6) is 0.599. The molecule has 1 saturated heterocycles. The number of ketones is 1. The largest absolute Gasteiger partial charge is 0.486 e. The number of benzene rings is 1. The van der Waals surface area contributed by atoms with Gasteiger partial charge in [-0.1, -0.05) is 11.6 Å². The number of nitrogen functional groups attached to an aromatic ring is 1. The normalized spacial score (nSPS) is 17.8. The van der Waals surface area contributed by atoms with E-state index in [1.807, 2.05) is 19.9 Å². The summed E-state index contributed by atoms with van der Waals surface area (Å²) in [6.07, 6.45) is 2.52. The number of piperidine rings is 1. The number of nitrogens with zero attached hydrogens (tertiary/aromatic N) is 4. The van der Waals surface area contributed by atoms with Crippen LogP contribution in [0.3, 0.4) is 0 Å². The molecule has 0 amide bonds. The highest BCUT2D eigenvalue weighted by Gasteiger charge is 2.45. The predicted molar refractivity (Wildman–Crippen MR) is 108 cm³/mol. The standard InChI is InChI=1S/C19H20ClN5O4/c1-10-7-13-14(11(2)15(10)20)12(26)8-19(29-13)3-5-24(6-4-19)18-16(25(27)28)17(21)22-9-23-18/h7,9H,3-6,8H2,1-2H3,(H2,21,22,23). The number of carbonyl (C=O) groups excluding carboxylic acids is 1. The Kier molecular flexibility index (Phi) is 4.57. The molecule has 0 atom stereocenters. The van der Waals surface area contributed by atoms with Gasteiger partial charge >= 0.3 is 5.69 Å². The lowest BCUT2D eigenvalue weighted by molar-refractivity contribution is -0.383. The first kappa shape index (κ1) is 19.4. The Labute approximate surface area is 172 Å². The van der Waals surface area contributed by atoms with Gasteiger partial charge in [-0.3, -0.25) is 14.9 Å². The van der Waals surface area contributed by atoms with Crippen molar-refractivity contribution in [3.05, 3.63) is 44.2 Å². The number of anilines is 2. The van der Waals surface area contributed by atoms with Crippen molar-refractivity contribution in [3.63, 3.8) is 0 Å². The summed E-state index contributed by atoms with van der Waals surface area (Å²) in [6, 6.07) is 1.81. The highest BCUT2D eigenvalue weighted by Crippen LogP contribution is 2.44. The van der Waals surface area contributed by atoms with Crippen LogP contribution in [0.2, 0.25) is 5.02 Å². The number of nitro groups is 1. The third kappa shape index (κ3) is 3.15. The van der Waals surface area contributed by atoms with Gasteiger partial charge in [0.15, 0.2) is 5.78 Å². The van der Waals surface area contributed by atoms with Gasteiger partial charge in [-0.05, 0) is 31.0 Å². The van der Waals surface area contributed by atoms with Gasteiger partial charge in [0, 0.05) is 31.0 Å². The van der Waals surface area contributed by atoms with E-state index in [2.05, 4.69) is 9.97 Å². The summed E-state index contributed by atoms with van der Waals surface area (Å²) in [5, 5.41) is 12.0. The highest BCUT2D eigenvalue weighted by atomic mass is 35.5. The number of hydrogen-bond donors (Lipinski definition) is 1. The summed E-state index contributed by atoms with van der Waals surface area (Å²) in [7, 11) is 0. The maximum Gasteiger partial charge on any atom is 0.353 e.